The summed E-state index contributed by atoms with van der Waals surface area (Å²) in [6, 6.07) is 8.73. The lowest BCUT2D eigenvalue weighted by molar-refractivity contribution is -0.132. The van der Waals surface area contributed by atoms with Crippen LogP contribution in [0.3, 0.4) is 0 Å². The normalized spacial score (nSPS) is 20.2. The zero-order valence-corrected chi connectivity index (χ0v) is 14.5. The first-order valence-electron chi connectivity index (χ1n) is 8.41. The second-order valence-electron chi connectivity index (χ2n) is 6.41. The van der Waals surface area contributed by atoms with Gasteiger partial charge in [0.1, 0.15) is 11.3 Å². The van der Waals surface area contributed by atoms with Crippen molar-refractivity contribution in [2.24, 2.45) is 0 Å². The maximum absolute atomic E-state index is 13.0. The van der Waals surface area contributed by atoms with Crippen LogP contribution in [-0.4, -0.2) is 37.0 Å². The van der Waals surface area contributed by atoms with Crippen LogP contribution in [0.1, 0.15) is 31.9 Å². The minimum absolute atomic E-state index is 0.00743. The van der Waals surface area contributed by atoms with Gasteiger partial charge in [-0.05, 0) is 35.9 Å². The Morgan fingerprint density at radius 3 is 2.85 bits per heavy atom. The molecule has 3 heterocycles. The highest BCUT2D eigenvalue weighted by atomic mass is 16.3. The molecule has 1 saturated heterocycles. The number of fused-ring (bicyclic) bond motifs is 1. The van der Waals surface area contributed by atoms with Gasteiger partial charge < -0.3 is 9.73 Å². The maximum Gasteiger partial charge on any atom is 0.325 e. The van der Waals surface area contributed by atoms with Crippen LogP contribution in [0, 0.1) is 0 Å². The first-order chi connectivity index (χ1) is 12.5. The lowest BCUT2D eigenvalue weighted by atomic mass is 9.99. The molecule has 1 aliphatic heterocycles. The second-order valence-corrected chi connectivity index (χ2v) is 6.41. The summed E-state index contributed by atoms with van der Waals surface area (Å²) in [5.41, 5.74) is -0.602. The van der Waals surface area contributed by atoms with Crippen molar-refractivity contribution < 1.29 is 14.0 Å². The quantitative estimate of drug-likeness (QED) is 0.700. The number of urea groups is 1. The Bertz CT molecular complexity index is 960. The molecule has 0 radical (unpaired) electrons. The van der Waals surface area contributed by atoms with Gasteiger partial charge in [0, 0.05) is 11.9 Å². The van der Waals surface area contributed by atoms with Crippen LogP contribution < -0.4 is 5.32 Å². The second kappa shape index (κ2) is 5.94. The highest BCUT2D eigenvalue weighted by Gasteiger charge is 2.51. The Labute approximate surface area is 148 Å². The molecular weight excluding hydrogens is 336 g/mol. The predicted molar refractivity (Wildman–Crippen MR) is 90.8 cm³/mol. The fraction of sp³-hybridized carbons (Fsp3) is 0.353. The number of rotatable bonds is 5. The van der Waals surface area contributed by atoms with Gasteiger partial charge in [-0.3, -0.25) is 9.69 Å². The number of furan rings is 1. The van der Waals surface area contributed by atoms with E-state index in [0.717, 1.165) is 16.7 Å². The van der Waals surface area contributed by atoms with Crippen LogP contribution in [0.15, 0.2) is 34.7 Å². The largest absolute Gasteiger partial charge is 0.458 e. The summed E-state index contributed by atoms with van der Waals surface area (Å²) < 4.78 is 7.41. The Hall–Kier alpha value is -3.23. The Kier molecular flexibility index (Phi) is 3.71. The van der Waals surface area contributed by atoms with Crippen molar-refractivity contribution in [2.75, 3.05) is 0 Å². The number of nitrogens with one attached hydrogen (secondary N) is 1. The number of benzene rings is 1. The molecule has 1 atom stereocenters. The molecule has 0 spiro atoms. The van der Waals surface area contributed by atoms with E-state index in [0.29, 0.717) is 23.7 Å². The van der Waals surface area contributed by atoms with Gasteiger partial charge in [0.2, 0.25) is 0 Å². The van der Waals surface area contributed by atoms with E-state index in [2.05, 4.69) is 20.8 Å². The summed E-state index contributed by atoms with van der Waals surface area (Å²) in [7, 11) is 0. The van der Waals surface area contributed by atoms with Crippen molar-refractivity contribution in [1.82, 2.24) is 30.4 Å². The van der Waals surface area contributed by atoms with E-state index in [1.165, 1.54) is 0 Å². The number of para-hydroxylation sites is 1. The summed E-state index contributed by atoms with van der Waals surface area (Å²) in [6.45, 7) is 4.26. The standard InChI is InChI=1S/C17H18N6O3/c1-3-8-23-14(19-20-21-23)10-22-15(24)17(2,18-16(22)25)13-9-11-6-4-5-7-12(11)26-13/h4-7,9H,3,8,10H2,1-2H3,(H,18,25). The van der Waals surface area contributed by atoms with Crippen molar-refractivity contribution in [3.8, 4) is 0 Å². The summed E-state index contributed by atoms with van der Waals surface area (Å²) in [5, 5.41) is 15.1. The lowest BCUT2D eigenvalue weighted by Gasteiger charge is -2.18. The van der Waals surface area contributed by atoms with Crippen molar-refractivity contribution in [1.29, 1.82) is 0 Å². The smallest absolute Gasteiger partial charge is 0.325 e. The fourth-order valence-electron chi connectivity index (χ4n) is 3.10. The lowest BCUT2D eigenvalue weighted by Crippen LogP contribution is -2.40. The molecule has 26 heavy (non-hydrogen) atoms. The average Bonchev–Trinajstić information content (AvgIpc) is 3.30. The van der Waals surface area contributed by atoms with Gasteiger partial charge in [0.25, 0.3) is 5.91 Å². The topological polar surface area (TPSA) is 106 Å². The number of amides is 3. The van der Waals surface area contributed by atoms with E-state index in [1.54, 1.807) is 17.7 Å². The SMILES string of the molecule is CCCn1nnnc1CN1C(=O)NC(C)(c2cc3ccccc3o2)C1=O. The van der Waals surface area contributed by atoms with Crippen LogP contribution >= 0.6 is 0 Å². The molecule has 1 fully saturated rings. The van der Waals surface area contributed by atoms with Crippen molar-refractivity contribution >= 4 is 22.9 Å². The Morgan fingerprint density at radius 2 is 2.08 bits per heavy atom. The number of aryl methyl sites for hydroxylation is 1. The van der Waals surface area contributed by atoms with Gasteiger partial charge >= 0.3 is 6.03 Å². The molecule has 0 bridgehead atoms. The van der Waals surface area contributed by atoms with E-state index < -0.39 is 17.5 Å². The molecule has 1 aliphatic rings. The number of carbonyl (C=O) groups is 2. The van der Waals surface area contributed by atoms with Crippen molar-refractivity contribution in [3.63, 3.8) is 0 Å². The molecule has 134 valence electrons. The first-order valence-corrected chi connectivity index (χ1v) is 8.41. The summed E-state index contributed by atoms with van der Waals surface area (Å²) in [6.07, 6.45) is 0.842. The predicted octanol–water partition coefficient (Wildman–Crippen LogP) is 1.80. The third-order valence-electron chi connectivity index (χ3n) is 4.53. The van der Waals surface area contributed by atoms with E-state index >= 15 is 0 Å². The third kappa shape index (κ3) is 2.43. The number of hydrogen-bond donors (Lipinski definition) is 1. The molecule has 1 aromatic carbocycles. The Balaban J connectivity index is 1.64. The van der Waals surface area contributed by atoms with Crippen LogP contribution in [0.4, 0.5) is 4.79 Å². The molecule has 1 N–H and O–H groups in total. The molecule has 0 saturated carbocycles. The van der Waals surface area contributed by atoms with Gasteiger partial charge in [-0.2, -0.15) is 0 Å². The van der Waals surface area contributed by atoms with Gasteiger partial charge in [0.05, 0.1) is 6.54 Å². The molecule has 0 aliphatic carbocycles. The fourth-order valence-corrected chi connectivity index (χ4v) is 3.10. The summed E-state index contributed by atoms with van der Waals surface area (Å²) in [4.78, 5) is 26.6. The highest BCUT2D eigenvalue weighted by molar-refractivity contribution is 6.07. The minimum atomic E-state index is -1.26. The molecule has 3 amide bonds. The molecule has 9 nitrogen and oxygen atoms in total. The van der Waals surface area contributed by atoms with E-state index in [4.69, 9.17) is 4.42 Å². The maximum atomic E-state index is 13.0. The molecule has 1 unspecified atom stereocenters. The summed E-state index contributed by atoms with van der Waals surface area (Å²) in [5.74, 6) is 0.463. The number of imide groups is 1. The van der Waals surface area contributed by atoms with Crippen molar-refractivity contribution in [2.45, 2.75) is 38.9 Å². The van der Waals surface area contributed by atoms with Gasteiger partial charge in [-0.25, -0.2) is 9.48 Å². The number of tetrazole rings is 1. The molecular formula is C17H18N6O3. The highest BCUT2D eigenvalue weighted by Crippen LogP contribution is 2.33. The molecule has 4 rings (SSSR count). The monoisotopic (exact) mass is 354 g/mol. The zero-order chi connectivity index (χ0) is 18.3. The average molecular weight is 354 g/mol. The van der Waals surface area contributed by atoms with Crippen LogP contribution in [0.2, 0.25) is 0 Å². The van der Waals surface area contributed by atoms with Gasteiger partial charge in [-0.1, -0.05) is 25.1 Å². The molecule has 9 heteroatoms. The number of nitrogens with zero attached hydrogens (tertiary/aromatic N) is 5. The van der Waals surface area contributed by atoms with E-state index in [9.17, 15) is 9.59 Å². The van der Waals surface area contributed by atoms with Crippen molar-refractivity contribution in [3.05, 3.63) is 41.9 Å². The molecule has 2 aromatic heterocycles. The summed E-state index contributed by atoms with van der Waals surface area (Å²) >= 11 is 0. The Morgan fingerprint density at radius 1 is 1.27 bits per heavy atom. The van der Waals surface area contributed by atoms with E-state index in [1.807, 2.05) is 31.2 Å². The van der Waals surface area contributed by atoms with Gasteiger partial charge in [0.15, 0.2) is 11.4 Å². The zero-order valence-electron chi connectivity index (χ0n) is 14.5. The number of hydrogen-bond acceptors (Lipinski definition) is 6. The minimum Gasteiger partial charge on any atom is -0.458 e. The molecule has 3 aromatic rings. The first kappa shape index (κ1) is 16.2. The van der Waals surface area contributed by atoms with E-state index in [-0.39, 0.29) is 6.54 Å². The van der Waals surface area contributed by atoms with Crippen LogP contribution in [0.5, 0.6) is 0 Å². The number of aromatic nitrogens is 4. The third-order valence-corrected chi connectivity index (χ3v) is 4.53. The number of carbonyl (C=O) groups excluding carboxylic acids is 2. The van der Waals surface area contributed by atoms with Crippen LogP contribution in [-0.2, 0) is 23.4 Å². The van der Waals surface area contributed by atoms with Gasteiger partial charge in [-0.15, -0.1) is 5.10 Å². The van der Waals surface area contributed by atoms with Crippen LogP contribution in [0.25, 0.3) is 11.0 Å².